The number of aromatic hydroxyl groups is 1. The van der Waals surface area contributed by atoms with Crippen molar-refractivity contribution in [1.82, 2.24) is 15.3 Å². The highest BCUT2D eigenvalue weighted by atomic mass is 16.7. The van der Waals surface area contributed by atoms with Gasteiger partial charge in [-0.1, -0.05) is 57.5 Å². The summed E-state index contributed by atoms with van der Waals surface area (Å²) in [6.45, 7) is 15.8. The minimum Gasteiger partial charge on any atom is -0.508 e. The molecule has 1 aromatic carbocycles. The zero-order valence-electron chi connectivity index (χ0n) is 33.9. The summed E-state index contributed by atoms with van der Waals surface area (Å²) >= 11 is 0. The number of nitrogens with zero attached hydrogens (tertiary/aromatic N) is 1. The number of rotatable bonds is 9. The van der Waals surface area contributed by atoms with Crippen molar-refractivity contribution in [2.24, 2.45) is 11.3 Å². The van der Waals surface area contributed by atoms with Crippen LogP contribution < -0.4 is 5.32 Å². The zero-order valence-corrected chi connectivity index (χ0v) is 33.9. The maximum absolute atomic E-state index is 14.9. The highest BCUT2D eigenvalue weighted by Gasteiger charge is 2.53. The molecule has 0 spiro atoms. The van der Waals surface area contributed by atoms with Gasteiger partial charge in [-0.2, -0.15) is 0 Å². The van der Waals surface area contributed by atoms with E-state index in [1.54, 1.807) is 43.5 Å². The van der Waals surface area contributed by atoms with Gasteiger partial charge in [-0.15, -0.1) is 0 Å². The number of carbonyl (C=O) groups excluding carboxylic acids is 2. The molecule has 0 radical (unpaired) electrons. The van der Waals surface area contributed by atoms with Crippen LogP contribution in [0.25, 0.3) is 21.8 Å². The summed E-state index contributed by atoms with van der Waals surface area (Å²) in [6.07, 6.45) is 3.34. The maximum Gasteiger partial charge on any atom is 0.191 e. The molecule has 2 aromatic heterocycles. The molecule has 3 aromatic rings. The zero-order chi connectivity index (χ0) is 40.8. The Morgan fingerprint density at radius 3 is 2.65 bits per heavy atom. The average molecular weight is 776 g/mol. The quantitative estimate of drug-likeness (QED) is 0.139. The molecule has 7 rings (SSSR count). The summed E-state index contributed by atoms with van der Waals surface area (Å²) in [5, 5.41) is 27.3. The Hall–Kier alpha value is -4.59. The molecule has 2 aliphatic heterocycles. The number of nitrogens with one attached hydrogen (secondary N) is 2. The number of allylic oxidation sites excluding steroid dienone is 4. The van der Waals surface area contributed by atoms with Gasteiger partial charge in [0.25, 0.3) is 0 Å². The van der Waals surface area contributed by atoms with Crippen molar-refractivity contribution in [1.29, 1.82) is 0 Å². The van der Waals surface area contributed by atoms with E-state index < -0.39 is 41.9 Å². The molecule has 10 atom stereocenters. The summed E-state index contributed by atoms with van der Waals surface area (Å²) in [5.74, 6) is 11.8. The number of carbonyl (C=O) groups is 2. The Morgan fingerprint density at radius 1 is 1.14 bits per heavy atom. The summed E-state index contributed by atoms with van der Waals surface area (Å²) in [6, 6.07) is 7.25. The predicted molar refractivity (Wildman–Crippen MR) is 217 cm³/mol. The van der Waals surface area contributed by atoms with Crippen LogP contribution in [0.3, 0.4) is 0 Å². The SMILES string of the molecule is CC/C=C1\C2=C(C)C(=O)C[C@@]1(O)C#C/C=C\C#C[C@@H]2OC1OC(C)C(C)(C(=O)c2nccc3c2[nH]c2ccc(O)cc23)CC1OC1CC(C)C(NC(C)C)C(C)O1. The molecular weight excluding hydrogens is 723 g/mol. The first-order chi connectivity index (χ1) is 27.1. The lowest BCUT2D eigenvalue weighted by atomic mass is 9.72. The Labute approximate surface area is 334 Å². The summed E-state index contributed by atoms with van der Waals surface area (Å²) < 4.78 is 27.0. The average Bonchev–Trinajstić information content (AvgIpc) is 3.52. The number of benzene rings is 1. The van der Waals surface area contributed by atoms with Gasteiger partial charge < -0.3 is 39.5 Å². The number of ketones is 2. The van der Waals surface area contributed by atoms with E-state index in [0.29, 0.717) is 35.1 Å². The number of aromatic nitrogens is 2. The molecular formula is C46H53N3O8. The molecule has 57 heavy (non-hydrogen) atoms. The second-order valence-electron chi connectivity index (χ2n) is 16.5. The van der Waals surface area contributed by atoms with Gasteiger partial charge in [-0.3, -0.25) is 14.6 Å². The summed E-state index contributed by atoms with van der Waals surface area (Å²) in [5.41, 5.74) is 0.0649. The molecule has 2 saturated heterocycles. The van der Waals surface area contributed by atoms with Gasteiger partial charge in [0, 0.05) is 46.6 Å². The first kappa shape index (κ1) is 40.6. The van der Waals surface area contributed by atoms with E-state index in [0.717, 1.165) is 16.3 Å². The van der Waals surface area contributed by atoms with Crippen LogP contribution in [0.1, 0.15) is 91.6 Å². The molecule has 8 unspecified atom stereocenters. The minimum atomic E-state index is -1.73. The van der Waals surface area contributed by atoms with E-state index in [1.807, 2.05) is 39.8 Å². The van der Waals surface area contributed by atoms with E-state index in [1.165, 1.54) is 0 Å². The smallest absolute Gasteiger partial charge is 0.191 e. The van der Waals surface area contributed by atoms with Gasteiger partial charge in [0.1, 0.15) is 23.7 Å². The highest BCUT2D eigenvalue weighted by Crippen LogP contribution is 2.45. The van der Waals surface area contributed by atoms with Crippen molar-refractivity contribution < 1.29 is 38.7 Å². The topological polar surface area (TPSA) is 152 Å². The minimum absolute atomic E-state index is 0.117. The Morgan fingerprint density at radius 2 is 1.91 bits per heavy atom. The van der Waals surface area contributed by atoms with Crippen molar-refractivity contribution in [2.45, 2.75) is 136 Å². The number of aliphatic hydroxyl groups is 1. The van der Waals surface area contributed by atoms with Crippen LogP contribution in [-0.2, 0) is 23.7 Å². The molecule has 4 aliphatic rings. The molecule has 300 valence electrons. The second-order valence-corrected chi connectivity index (χ2v) is 16.5. The van der Waals surface area contributed by atoms with E-state index in [-0.39, 0.29) is 60.0 Å². The van der Waals surface area contributed by atoms with Gasteiger partial charge in [0.05, 0.1) is 29.6 Å². The number of fused-ring (bicyclic) bond motifs is 5. The second kappa shape index (κ2) is 16.0. The van der Waals surface area contributed by atoms with Gasteiger partial charge in [-0.05, 0) is 94.0 Å². The molecule has 2 aliphatic carbocycles. The molecule has 2 bridgehead atoms. The number of phenols is 1. The lowest BCUT2D eigenvalue weighted by molar-refractivity contribution is -0.317. The number of phenolic OH excluding ortho intramolecular Hbond substituents is 1. The molecule has 11 heteroatoms. The number of hydrogen-bond acceptors (Lipinski definition) is 10. The van der Waals surface area contributed by atoms with Crippen LogP contribution in [0, 0.1) is 35.0 Å². The fourth-order valence-electron chi connectivity index (χ4n) is 8.79. The molecule has 2 fully saturated rings. The molecule has 0 saturated carbocycles. The van der Waals surface area contributed by atoms with Crippen LogP contribution in [-0.4, -0.2) is 86.4 Å². The van der Waals surface area contributed by atoms with E-state index >= 15 is 0 Å². The third kappa shape index (κ3) is 7.73. The molecule has 0 amide bonds. The van der Waals surface area contributed by atoms with Crippen LogP contribution >= 0.6 is 0 Å². The number of H-pyrrole nitrogens is 1. The lowest BCUT2D eigenvalue weighted by Gasteiger charge is -2.48. The largest absolute Gasteiger partial charge is 0.508 e. The Balaban J connectivity index is 1.27. The first-order valence-corrected chi connectivity index (χ1v) is 20.0. The number of pyridine rings is 1. The standard InChI is InChI=1S/C46H53N3O8/c1-9-14-33-39-27(5)35(51)23-46(33,53)19-13-11-10-12-15-36(39)57-44-37(56-38-21-26(4)40(28(6)54-38)48-25(2)3)24-45(8,29(7)55-44)43(52)42-41-31(18-20-47-42)32-22-30(50)16-17-34(32)49-41/h10-11,14,16-18,20,22,25-26,28-29,36-38,40,44,48-50,53H,9,21,23-24H2,1-8H3/b11-10-,33-14+/t26?,28?,29?,36-,37?,38?,40?,44?,45?,46-/m0/s1. The monoisotopic (exact) mass is 775 g/mol. The van der Waals surface area contributed by atoms with Gasteiger partial charge in [-0.25, -0.2) is 0 Å². The Bertz CT molecular complexity index is 2290. The molecule has 11 nitrogen and oxygen atoms in total. The van der Waals surface area contributed by atoms with Crippen molar-refractivity contribution in [3.63, 3.8) is 0 Å². The summed E-state index contributed by atoms with van der Waals surface area (Å²) in [4.78, 5) is 36.4. The fourth-order valence-corrected chi connectivity index (χ4v) is 8.79. The van der Waals surface area contributed by atoms with Crippen LogP contribution in [0.5, 0.6) is 5.75 Å². The van der Waals surface area contributed by atoms with Gasteiger partial charge in [0.2, 0.25) is 0 Å². The van der Waals surface area contributed by atoms with Crippen molar-refractivity contribution >= 4 is 33.4 Å². The fraction of sp³-hybridized carbons (Fsp3) is 0.500. The lowest BCUT2D eigenvalue weighted by Crippen LogP contribution is -2.58. The number of hydrogen-bond donors (Lipinski definition) is 4. The number of Topliss-reactive ketones (excluding diaryl/α,β-unsaturated/α-hetero) is 2. The molecule has 4 heterocycles. The van der Waals surface area contributed by atoms with Crippen LogP contribution in [0.4, 0.5) is 0 Å². The highest BCUT2D eigenvalue weighted by molar-refractivity contribution is 6.15. The van der Waals surface area contributed by atoms with Gasteiger partial charge in [0.15, 0.2) is 29.7 Å². The number of aromatic amines is 1. The Kier molecular flexibility index (Phi) is 11.4. The van der Waals surface area contributed by atoms with E-state index in [4.69, 9.17) is 18.9 Å². The maximum atomic E-state index is 14.9. The van der Waals surface area contributed by atoms with Crippen molar-refractivity contribution in [2.75, 3.05) is 0 Å². The van der Waals surface area contributed by atoms with Crippen molar-refractivity contribution in [3.05, 3.63) is 71.1 Å². The van der Waals surface area contributed by atoms with Crippen LogP contribution in [0.2, 0.25) is 0 Å². The molecule has 4 N–H and O–H groups in total. The predicted octanol–water partition coefficient (Wildman–Crippen LogP) is 6.59. The van der Waals surface area contributed by atoms with E-state index in [9.17, 15) is 19.8 Å². The van der Waals surface area contributed by atoms with Gasteiger partial charge >= 0.3 is 0 Å². The van der Waals surface area contributed by atoms with Crippen molar-refractivity contribution in [3.8, 4) is 29.4 Å². The first-order valence-electron chi connectivity index (χ1n) is 20.0. The summed E-state index contributed by atoms with van der Waals surface area (Å²) in [7, 11) is 0. The third-order valence-corrected chi connectivity index (χ3v) is 12.0. The van der Waals surface area contributed by atoms with E-state index in [2.05, 4.69) is 59.7 Å². The normalized spacial score (nSPS) is 34.2. The van der Waals surface area contributed by atoms with Crippen LogP contribution in [0.15, 0.2) is 65.4 Å². The number of ether oxygens (including phenoxy) is 4. The third-order valence-electron chi connectivity index (χ3n) is 12.0.